The van der Waals surface area contributed by atoms with E-state index in [0.29, 0.717) is 41.4 Å². The summed E-state index contributed by atoms with van der Waals surface area (Å²) in [6, 6.07) is 19.7. The summed E-state index contributed by atoms with van der Waals surface area (Å²) in [5.74, 6) is -0.504. The molecule has 1 amide bonds. The van der Waals surface area contributed by atoms with Gasteiger partial charge in [0.1, 0.15) is 11.5 Å². The minimum atomic E-state index is -0.375. The van der Waals surface area contributed by atoms with Crippen molar-refractivity contribution in [2.24, 2.45) is 0 Å². The molecule has 0 atom stereocenters. The first-order chi connectivity index (χ1) is 15.1. The van der Waals surface area contributed by atoms with Gasteiger partial charge in [-0.25, -0.2) is 13.9 Å². The Morgan fingerprint density at radius 2 is 1.61 bits per heavy atom. The molecule has 158 valence electrons. The first kappa shape index (κ1) is 20.7. The molecule has 6 heteroatoms. The molecule has 0 N–H and O–H groups in total. The van der Waals surface area contributed by atoms with Crippen molar-refractivity contribution < 1.29 is 9.18 Å². The minimum Gasteiger partial charge on any atom is -0.337 e. The van der Waals surface area contributed by atoms with Crippen molar-refractivity contribution in [3.8, 4) is 22.5 Å². The second kappa shape index (κ2) is 9.08. The third-order valence-corrected chi connectivity index (χ3v) is 5.14. The molecule has 0 fully saturated rings. The van der Waals surface area contributed by atoms with Crippen LogP contribution in [0.3, 0.4) is 0 Å². The fourth-order valence-corrected chi connectivity index (χ4v) is 3.70. The molecule has 4 aromatic rings. The number of halogens is 1. The zero-order valence-electron chi connectivity index (χ0n) is 17.8. The van der Waals surface area contributed by atoms with E-state index in [1.807, 2.05) is 55.1 Å². The molecule has 0 saturated carbocycles. The number of aromatic nitrogens is 3. The second-order valence-electron chi connectivity index (χ2n) is 7.46. The Morgan fingerprint density at radius 1 is 0.935 bits per heavy atom. The highest BCUT2D eigenvalue weighted by atomic mass is 19.1. The number of fused-ring (bicyclic) bond motifs is 1. The maximum Gasteiger partial charge on any atom is 0.272 e. The highest BCUT2D eigenvalue weighted by molar-refractivity contribution is 5.94. The summed E-state index contributed by atoms with van der Waals surface area (Å²) in [6.45, 7) is 5.39. The van der Waals surface area contributed by atoms with Crippen molar-refractivity contribution in [3.05, 3.63) is 78.2 Å². The van der Waals surface area contributed by atoms with Crippen molar-refractivity contribution in [2.45, 2.75) is 26.7 Å². The first-order valence-corrected chi connectivity index (χ1v) is 10.6. The van der Waals surface area contributed by atoms with Gasteiger partial charge in [-0.05, 0) is 31.0 Å². The van der Waals surface area contributed by atoms with Gasteiger partial charge < -0.3 is 4.90 Å². The molecule has 0 saturated heterocycles. The summed E-state index contributed by atoms with van der Waals surface area (Å²) >= 11 is 0. The third kappa shape index (κ3) is 4.19. The highest BCUT2D eigenvalue weighted by Crippen LogP contribution is 2.26. The molecule has 5 nitrogen and oxygen atoms in total. The van der Waals surface area contributed by atoms with Gasteiger partial charge in [0, 0.05) is 30.3 Å². The van der Waals surface area contributed by atoms with Gasteiger partial charge in [-0.3, -0.25) is 4.79 Å². The van der Waals surface area contributed by atoms with E-state index in [9.17, 15) is 9.18 Å². The predicted octanol–water partition coefficient (Wildman–Crippen LogP) is 5.46. The van der Waals surface area contributed by atoms with Gasteiger partial charge in [0.2, 0.25) is 0 Å². The summed E-state index contributed by atoms with van der Waals surface area (Å²) < 4.78 is 16.1. The molecule has 0 radical (unpaired) electrons. The van der Waals surface area contributed by atoms with Crippen LogP contribution in [0.1, 0.15) is 37.2 Å². The summed E-state index contributed by atoms with van der Waals surface area (Å²) in [5.41, 5.74) is 3.31. The lowest BCUT2D eigenvalue weighted by Crippen LogP contribution is -2.34. The van der Waals surface area contributed by atoms with E-state index in [4.69, 9.17) is 0 Å². The number of hydrogen-bond acceptors (Lipinski definition) is 3. The molecule has 0 unspecified atom stereocenters. The molecule has 0 aliphatic heterocycles. The van der Waals surface area contributed by atoms with Gasteiger partial charge >= 0.3 is 0 Å². The first-order valence-electron chi connectivity index (χ1n) is 10.6. The zero-order valence-corrected chi connectivity index (χ0v) is 17.8. The molecule has 0 aliphatic carbocycles. The summed E-state index contributed by atoms with van der Waals surface area (Å²) in [6.07, 6.45) is 1.71. The Bertz CT molecular complexity index is 1200. The maximum absolute atomic E-state index is 14.5. The Morgan fingerprint density at radius 3 is 2.29 bits per heavy atom. The van der Waals surface area contributed by atoms with Gasteiger partial charge in [0.05, 0.1) is 11.4 Å². The van der Waals surface area contributed by atoms with Crippen LogP contribution in [0.25, 0.3) is 28.2 Å². The standard InChI is InChI=1S/C25H25FN4O/c1-3-14-29(15-4-2)25(31)23-16-22(19-12-8-9-13-20(19)26)27-24-17-21(28-30(23)24)18-10-6-5-7-11-18/h5-13,16-17H,3-4,14-15H2,1-2H3. The molecule has 2 aromatic carbocycles. The smallest absolute Gasteiger partial charge is 0.272 e. The lowest BCUT2D eigenvalue weighted by Gasteiger charge is -2.22. The van der Waals surface area contributed by atoms with Crippen LogP contribution in [0.4, 0.5) is 4.39 Å². The van der Waals surface area contributed by atoms with E-state index < -0.39 is 0 Å². The van der Waals surface area contributed by atoms with Crippen molar-refractivity contribution in [1.82, 2.24) is 19.5 Å². The predicted molar refractivity (Wildman–Crippen MR) is 120 cm³/mol. The fourth-order valence-electron chi connectivity index (χ4n) is 3.70. The number of carbonyl (C=O) groups excluding carboxylic acids is 1. The van der Waals surface area contributed by atoms with Gasteiger partial charge in [0.15, 0.2) is 5.65 Å². The molecule has 0 spiro atoms. The van der Waals surface area contributed by atoms with E-state index in [1.54, 1.807) is 28.8 Å². The van der Waals surface area contributed by atoms with Gasteiger partial charge in [-0.2, -0.15) is 5.10 Å². The largest absolute Gasteiger partial charge is 0.337 e. The van der Waals surface area contributed by atoms with Crippen LogP contribution >= 0.6 is 0 Å². The van der Waals surface area contributed by atoms with E-state index >= 15 is 0 Å². The molecular weight excluding hydrogens is 391 g/mol. The molecule has 31 heavy (non-hydrogen) atoms. The van der Waals surface area contributed by atoms with E-state index in [1.165, 1.54) is 6.07 Å². The van der Waals surface area contributed by atoms with Gasteiger partial charge in [-0.15, -0.1) is 0 Å². The number of carbonyl (C=O) groups is 1. The zero-order chi connectivity index (χ0) is 21.8. The van der Waals surface area contributed by atoms with E-state index in [-0.39, 0.29) is 11.7 Å². The Labute approximate surface area is 181 Å². The van der Waals surface area contributed by atoms with Crippen LogP contribution in [0.5, 0.6) is 0 Å². The Kier molecular flexibility index (Phi) is 6.07. The second-order valence-corrected chi connectivity index (χ2v) is 7.46. The molecular formula is C25H25FN4O. The van der Waals surface area contributed by atoms with Crippen LogP contribution < -0.4 is 0 Å². The highest BCUT2D eigenvalue weighted by Gasteiger charge is 2.22. The van der Waals surface area contributed by atoms with Crippen LogP contribution in [0, 0.1) is 5.82 Å². The maximum atomic E-state index is 14.5. The van der Waals surface area contributed by atoms with Crippen molar-refractivity contribution in [2.75, 3.05) is 13.1 Å². The van der Waals surface area contributed by atoms with Crippen molar-refractivity contribution in [3.63, 3.8) is 0 Å². The lowest BCUT2D eigenvalue weighted by atomic mass is 10.1. The number of benzene rings is 2. The summed E-state index contributed by atoms with van der Waals surface area (Å²) in [4.78, 5) is 20.0. The van der Waals surface area contributed by atoms with E-state index in [0.717, 1.165) is 18.4 Å². The van der Waals surface area contributed by atoms with Gasteiger partial charge in [-0.1, -0.05) is 56.3 Å². The molecule has 4 rings (SSSR count). The third-order valence-electron chi connectivity index (χ3n) is 5.14. The quantitative estimate of drug-likeness (QED) is 0.402. The average molecular weight is 417 g/mol. The monoisotopic (exact) mass is 416 g/mol. The van der Waals surface area contributed by atoms with Crippen LogP contribution in [0.2, 0.25) is 0 Å². The van der Waals surface area contributed by atoms with Gasteiger partial charge in [0.25, 0.3) is 5.91 Å². The molecule has 2 heterocycles. The molecule has 0 bridgehead atoms. The minimum absolute atomic E-state index is 0.128. The van der Waals surface area contributed by atoms with Crippen LogP contribution in [-0.4, -0.2) is 38.5 Å². The SMILES string of the molecule is CCCN(CCC)C(=O)c1cc(-c2ccccc2F)nc2cc(-c3ccccc3)nn12. The number of amides is 1. The van der Waals surface area contributed by atoms with Crippen molar-refractivity contribution in [1.29, 1.82) is 0 Å². The lowest BCUT2D eigenvalue weighted by molar-refractivity contribution is 0.0746. The summed E-state index contributed by atoms with van der Waals surface area (Å²) in [7, 11) is 0. The molecule has 0 aliphatic rings. The average Bonchev–Trinajstić information content (AvgIpc) is 3.23. The van der Waals surface area contributed by atoms with Crippen LogP contribution in [-0.2, 0) is 0 Å². The normalized spacial score (nSPS) is 11.1. The Hall–Kier alpha value is -3.54. The topological polar surface area (TPSA) is 50.5 Å². The number of hydrogen-bond donors (Lipinski definition) is 0. The fraction of sp³-hybridized carbons (Fsp3) is 0.240. The number of rotatable bonds is 7. The van der Waals surface area contributed by atoms with Crippen molar-refractivity contribution >= 4 is 11.6 Å². The summed E-state index contributed by atoms with van der Waals surface area (Å²) in [5, 5.41) is 4.68. The molecule has 2 aromatic heterocycles. The Balaban J connectivity index is 1.91. The van der Waals surface area contributed by atoms with Crippen LogP contribution in [0.15, 0.2) is 66.7 Å². The number of nitrogens with zero attached hydrogens (tertiary/aromatic N) is 4. The van der Waals surface area contributed by atoms with E-state index in [2.05, 4.69) is 10.1 Å².